The van der Waals surface area contributed by atoms with Crippen LogP contribution in [0.5, 0.6) is 0 Å². The van der Waals surface area contributed by atoms with Gasteiger partial charge in [0.1, 0.15) is 11.5 Å². The second kappa shape index (κ2) is 4.30. The van der Waals surface area contributed by atoms with Gasteiger partial charge in [-0.1, -0.05) is 5.16 Å². The number of nitrogens with zero attached hydrogens (tertiary/aromatic N) is 2. The van der Waals surface area contributed by atoms with Crippen molar-refractivity contribution < 1.29 is 9.42 Å². The zero-order chi connectivity index (χ0) is 13.9. The molecule has 1 heterocycles. The molecule has 20 heavy (non-hydrogen) atoms. The highest BCUT2D eigenvalue weighted by atomic mass is 16.6. The normalized spacial score (nSPS) is 40.0. The minimum atomic E-state index is -0.288. The molecule has 5 heteroatoms. The van der Waals surface area contributed by atoms with Crippen LogP contribution in [0.3, 0.4) is 0 Å². The van der Waals surface area contributed by atoms with Gasteiger partial charge >= 0.3 is 0 Å². The Morgan fingerprint density at radius 1 is 1.15 bits per heavy atom. The van der Waals surface area contributed by atoms with Crippen LogP contribution in [0, 0.1) is 29.6 Å². The number of Topliss-reactive ketones (excluding diaryl/α,β-unsaturated/α-hetero) is 1. The number of hydrogen-bond donors (Lipinski definition) is 1. The lowest BCUT2D eigenvalue weighted by Gasteiger charge is -2.54. The van der Waals surface area contributed by atoms with E-state index in [1.807, 2.05) is 6.92 Å². The quantitative estimate of drug-likeness (QED) is 0.916. The van der Waals surface area contributed by atoms with Gasteiger partial charge in [0, 0.05) is 5.92 Å². The summed E-state index contributed by atoms with van der Waals surface area (Å²) in [6, 6.07) is 0. The lowest BCUT2D eigenvalue weighted by atomic mass is 9.50. The maximum absolute atomic E-state index is 12.9. The minimum absolute atomic E-state index is 0.217. The SMILES string of the molecule is CC(C(=O)C1C2CC3CC(C2)CC1C3)c1nonc1N. The smallest absolute Gasteiger partial charge is 0.192 e. The Balaban J connectivity index is 1.58. The lowest BCUT2D eigenvalue weighted by Crippen LogP contribution is -2.48. The highest BCUT2D eigenvalue weighted by molar-refractivity contribution is 5.88. The maximum Gasteiger partial charge on any atom is 0.192 e. The van der Waals surface area contributed by atoms with Gasteiger partial charge in [0.05, 0.1) is 5.92 Å². The second-order valence-electron chi connectivity index (χ2n) is 7.12. The van der Waals surface area contributed by atoms with E-state index in [9.17, 15) is 4.79 Å². The molecule has 0 aromatic carbocycles. The third-order valence-corrected chi connectivity index (χ3v) is 5.93. The molecule has 4 saturated carbocycles. The summed E-state index contributed by atoms with van der Waals surface area (Å²) in [5, 5.41) is 7.41. The van der Waals surface area contributed by atoms with Crippen molar-refractivity contribution >= 4 is 11.6 Å². The zero-order valence-corrected chi connectivity index (χ0v) is 11.8. The third kappa shape index (κ3) is 1.71. The zero-order valence-electron chi connectivity index (χ0n) is 11.8. The molecule has 0 radical (unpaired) electrons. The van der Waals surface area contributed by atoms with E-state index < -0.39 is 0 Å². The van der Waals surface area contributed by atoms with Gasteiger partial charge in [-0.3, -0.25) is 4.79 Å². The summed E-state index contributed by atoms with van der Waals surface area (Å²) in [7, 11) is 0. The summed E-state index contributed by atoms with van der Waals surface area (Å²) < 4.78 is 4.64. The molecular formula is C15H21N3O2. The highest BCUT2D eigenvalue weighted by Crippen LogP contribution is 2.57. The first-order valence-corrected chi connectivity index (χ1v) is 7.75. The minimum Gasteiger partial charge on any atom is -0.379 e. The van der Waals surface area contributed by atoms with Crippen LogP contribution < -0.4 is 5.73 Å². The largest absolute Gasteiger partial charge is 0.379 e. The number of nitrogen functional groups attached to an aromatic ring is 1. The van der Waals surface area contributed by atoms with Gasteiger partial charge in [-0.2, -0.15) is 0 Å². The van der Waals surface area contributed by atoms with Crippen LogP contribution in [-0.4, -0.2) is 16.1 Å². The molecule has 4 aliphatic rings. The number of anilines is 1. The van der Waals surface area contributed by atoms with Gasteiger partial charge in [-0.05, 0) is 67.9 Å². The first-order valence-electron chi connectivity index (χ1n) is 7.75. The van der Waals surface area contributed by atoms with E-state index in [1.54, 1.807) is 0 Å². The second-order valence-corrected chi connectivity index (χ2v) is 7.12. The average molecular weight is 275 g/mol. The first-order chi connectivity index (χ1) is 9.63. The Morgan fingerprint density at radius 3 is 2.25 bits per heavy atom. The molecule has 0 saturated heterocycles. The Bertz CT molecular complexity index is 511. The standard InChI is InChI=1S/C15H21N3O2/c1-7(13-15(16)18-20-17-13)14(19)12-10-3-8-2-9(5-10)6-11(12)4-8/h7-12H,2-6H2,1H3,(H2,16,18). The van der Waals surface area contributed by atoms with Gasteiger partial charge < -0.3 is 5.73 Å². The van der Waals surface area contributed by atoms with Crippen molar-refractivity contribution in [1.82, 2.24) is 10.3 Å². The third-order valence-electron chi connectivity index (χ3n) is 5.93. The predicted molar refractivity (Wildman–Crippen MR) is 72.7 cm³/mol. The molecular weight excluding hydrogens is 254 g/mol. The fraction of sp³-hybridized carbons (Fsp3) is 0.800. The number of aromatic nitrogens is 2. The van der Waals surface area contributed by atoms with E-state index in [1.165, 1.54) is 32.1 Å². The van der Waals surface area contributed by atoms with Crippen molar-refractivity contribution in [3.8, 4) is 0 Å². The van der Waals surface area contributed by atoms with Crippen molar-refractivity contribution in [3.05, 3.63) is 5.69 Å². The number of ketones is 1. The molecule has 1 unspecified atom stereocenters. The van der Waals surface area contributed by atoms with Gasteiger partial charge in [0.15, 0.2) is 5.82 Å². The number of carbonyl (C=O) groups is 1. The fourth-order valence-corrected chi connectivity index (χ4v) is 5.32. The van der Waals surface area contributed by atoms with Crippen LogP contribution in [-0.2, 0) is 4.79 Å². The first kappa shape index (κ1) is 12.4. The molecule has 1 atom stereocenters. The van der Waals surface area contributed by atoms with Crippen LogP contribution in [0.1, 0.15) is 50.6 Å². The van der Waals surface area contributed by atoms with Crippen LogP contribution in [0.25, 0.3) is 0 Å². The van der Waals surface area contributed by atoms with Gasteiger partial charge in [0.25, 0.3) is 0 Å². The van der Waals surface area contributed by atoms with Crippen LogP contribution in [0.2, 0.25) is 0 Å². The molecule has 5 rings (SSSR count). The van der Waals surface area contributed by atoms with E-state index >= 15 is 0 Å². The number of nitrogens with two attached hydrogens (primary N) is 1. The summed E-state index contributed by atoms with van der Waals surface area (Å²) in [5.74, 6) is 3.46. The fourth-order valence-electron chi connectivity index (χ4n) is 5.32. The summed E-state index contributed by atoms with van der Waals surface area (Å²) >= 11 is 0. The Hall–Kier alpha value is -1.39. The van der Waals surface area contributed by atoms with Crippen molar-refractivity contribution in [2.45, 2.75) is 44.9 Å². The average Bonchev–Trinajstić information content (AvgIpc) is 2.82. The van der Waals surface area contributed by atoms with E-state index in [-0.39, 0.29) is 17.7 Å². The molecule has 4 bridgehead atoms. The van der Waals surface area contributed by atoms with Gasteiger partial charge in [-0.25, -0.2) is 4.63 Å². The van der Waals surface area contributed by atoms with Crippen molar-refractivity contribution in [1.29, 1.82) is 0 Å². The van der Waals surface area contributed by atoms with Crippen molar-refractivity contribution in [2.75, 3.05) is 5.73 Å². The molecule has 1 aromatic heterocycles. The Labute approximate surface area is 118 Å². The number of rotatable bonds is 3. The molecule has 4 aliphatic carbocycles. The van der Waals surface area contributed by atoms with Crippen LogP contribution >= 0.6 is 0 Å². The Kier molecular flexibility index (Phi) is 2.66. The molecule has 2 N–H and O–H groups in total. The van der Waals surface area contributed by atoms with E-state index in [2.05, 4.69) is 14.9 Å². The highest BCUT2D eigenvalue weighted by Gasteiger charge is 2.51. The van der Waals surface area contributed by atoms with Crippen LogP contribution in [0.4, 0.5) is 5.82 Å². The summed E-state index contributed by atoms with van der Waals surface area (Å²) in [6.45, 7) is 1.89. The van der Waals surface area contributed by atoms with E-state index in [4.69, 9.17) is 5.73 Å². The number of carbonyl (C=O) groups excluding carboxylic acids is 1. The van der Waals surface area contributed by atoms with E-state index in [0.717, 1.165) is 11.8 Å². The lowest BCUT2D eigenvalue weighted by molar-refractivity contribution is -0.137. The molecule has 0 aliphatic heterocycles. The summed E-state index contributed by atoms with van der Waals surface area (Å²) in [5.41, 5.74) is 6.25. The Morgan fingerprint density at radius 2 is 1.75 bits per heavy atom. The van der Waals surface area contributed by atoms with Gasteiger partial charge in [-0.15, -0.1) is 0 Å². The monoisotopic (exact) mass is 275 g/mol. The molecule has 0 amide bonds. The van der Waals surface area contributed by atoms with Gasteiger partial charge in [0.2, 0.25) is 0 Å². The molecule has 1 aromatic rings. The van der Waals surface area contributed by atoms with Crippen molar-refractivity contribution in [3.63, 3.8) is 0 Å². The van der Waals surface area contributed by atoms with E-state index in [0.29, 0.717) is 23.3 Å². The maximum atomic E-state index is 12.9. The number of hydrogen-bond acceptors (Lipinski definition) is 5. The predicted octanol–water partition coefficient (Wildman–Crippen LogP) is 2.40. The molecule has 4 fully saturated rings. The van der Waals surface area contributed by atoms with Crippen LogP contribution in [0.15, 0.2) is 4.63 Å². The topological polar surface area (TPSA) is 82.0 Å². The summed E-state index contributed by atoms with van der Waals surface area (Å²) in [6.07, 6.45) is 6.42. The molecule has 5 nitrogen and oxygen atoms in total. The molecule has 108 valence electrons. The van der Waals surface area contributed by atoms with Crippen molar-refractivity contribution in [2.24, 2.45) is 29.6 Å². The molecule has 0 spiro atoms. The summed E-state index contributed by atoms with van der Waals surface area (Å²) in [4.78, 5) is 12.9.